The van der Waals surface area contributed by atoms with Gasteiger partial charge >= 0.3 is 0 Å². The van der Waals surface area contributed by atoms with Crippen LogP contribution in [0.3, 0.4) is 0 Å². The number of aryl methyl sites for hydroxylation is 1. The van der Waals surface area contributed by atoms with Crippen molar-refractivity contribution in [2.24, 2.45) is 5.92 Å². The first kappa shape index (κ1) is 14.1. The number of ketones is 3. The molecule has 0 spiro atoms. The molecule has 2 aromatic carbocycles. The fraction of sp³-hybridized carbons (Fsp3) is 0.250. The molecule has 0 saturated heterocycles. The van der Waals surface area contributed by atoms with Gasteiger partial charge in [-0.25, -0.2) is 0 Å². The molecule has 114 valence electrons. The summed E-state index contributed by atoms with van der Waals surface area (Å²) in [6, 6.07) is 10.7. The third-order valence-corrected chi connectivity index (χ3v) is 5.05. The van der Waals surface area contributed by atoms with Crippen LogP contribution in [0.15, 0.2) is 36.4 Å². The lowest BCUT2D eigenvalue weighted by molar-refractivity contribution is -0.121. The van der Waals surface area contributed by atoms with E-state index in [4.69, 9.17) is 0 Å². The number of Topliss-reactive ketones (excluding diaryl/α,β-unsaturated/α-hetero) is 1. The highest BCUT2D eigenvalue weighted by Gasteiger charge is 2.32. The van der Waals surface area contributed by atoms with E-state index in [9.17, 15) is 14.4 Å². The van der Waals surface area contributed by atoms with E-state index in [2.05, 4.69) is 0 Å². The number of rotatable bonds is 1. The maximum absolute atomic E-state index is 12.7. The van der Waals surface area contributed by atoms with Gasteiger partial charge in [0.1, 0.15) is 5.78 Å². The Morgan fingerprint density at radius 1 is 0.913 bits per heavy atom. The molecular weight excluding hydrogens is 288 g/mol. The second kappa shape index (κ2) is 4.98. The van der Waals surface area contributed by atoms with Crippen LogP contribution in [0.5, 0.6) is 0 Å². The SMILES string of the molecule is CC(=O)[C@H]1CCc2cc3c(cc2C1)C(=O)c1ccccc1C3=O. The zero-order valence-electron chi connectivity index (χ0n) is 12.9. The van der Waals surface area contributed by atoms with Gasteiger partial charge in [-0.1, -0.05) is 24.3 Å². The summed E-state index contributed by atoms with van der Waals surface area (Å²) in [4.78, 5) is 37.1. The Bertz CT molecular complexity index is 876. The second-order valence-corrected chi connectivity index (χ2v) is 6.42. The molecule has 2 aliphatic rings. The third-order valence-electron chi connectivity index (χ3n) is 5.05. The van der Waals surface area contributed by atoms with Gasteiger partial charge in [0.15, 0.2) is 11.6 Å². The van der Waals surface area contributed by atoms with Crippen molar-refractivity contribution in [2.45, 2.75) is 26.2 Å². The minimum atomic E-state index is -0.0945. The minimum Gasteiger partial charge on any atom is -0.300 e. The maximum Gasteiger partial charge on any atom is 0.194 e. The van der Waals surface area contributed by atoms with E-state index in [0.29, 0.717) is 28.7 Å². The summed E-state index contributed by atoms with van der Waals surface area (Å²) in [5.74, 6) is 0.0537. The molecule has 0 radical (unpaired) electrons. The van der Waals surface area contributed by atoms with Crippen LogP contribution < -0.4 is 0 Å². The Labute approximate surface area is 134 Å². The van der Waals surface area contributed by atoms with Crippen LogP contribution in [0.25, 0.3) is 0 Å². The van der Waals surface area contributed by atoms with Gasteiger partial charge in [-0.15, -0.1) is 0 Å². The highest BCUT2D eigenvalue weighted by atomic mass is 16.1. The van der Waals surface area contributed by atoms with E-state index in [0.717, 1.165) is 24.0 Å². The van der Waals surface area contributed by atoms with Gasteiger partial charge in [-0.05, 0) is 49.4 Å². The molecule has 0 unspecified atom stereocenters. The smallest absolute Gasteiger partial charge is 0.194 e. The Balaban J connectivity index is 1.85. The third kappa shape index (κ3) is 2.07. The van der Waals surface area contributed by atoms with Crippen molar-refractivity contribution in [3.05, 3.63) is 69.8 Å². The molecule has 0 aromatic heterocycles. The molecule has 0 amide bonds. The van der Waals surface area contributed by atoms with E-state index in [1.54, 1.807) is 31.2 Å². The molecule has 2 aliphatic carbocycles. The average Bonchev–Trinajstić information content (AvgIpc) is 2.58. The Morgan fingerprint density at radius 2 is 1.48 bits per heavy atom. The van der Waals surface area contributed by atoms with E-state index in [1.807, 2.05) is 12.1 Å². The van der Waals surface area contributed by atoms with Gasteiger partial charge in [0.2, 0.25) is 0 Å². The second-order valence-electron chi connectivity index (χ2n) is 6.42. The van der Waals surface area contributed by atoms with Gasteiger partial charge in [-0.2, -0.15) is 0 Å². The van der Waals surface area contributed by atoms with E-state index in [-0.39, 0.29) is 23.3 Å². The van der Waals surface area contributed by atoms with Crippen LogP contribution in [-0.2, 0) is 17.6 Å². The molecule has 0 bridgehead atoms. The Morgan fingerprint density at radius 3 is 2.04 bits per heavy atom. The fourth-order valence-corrected chi connectivity index (χ4v) is 3.70. The van der Waals surface area contributed by atoms with Crippen molar-refractivity contribution in [3.63, 3.8) is 0 Å². The monoisotopic (exact) mass is 304 g/mol. The number of fused-ring (bicyclic) bond motifs is 3. The summed E-state index contributed by atoms with van der Waals surface area (Å²) in [6.45, 7) is 1.62. The molecule has 0 saturated carbocycles. The highest BCUT2D eigenvalue weighted by Crippen LogP contribution is 2.33. The topological polar surface area (TPSA) is 51.2 Å². The standard InChI is InChI=1S/C20H16O3/c1-11(21)12-6-7-13-9-17-18(10-14(13)8-12)20(23)16-5-3-2-4-15(16)19(17)22/h2-5,9-10,12H,6-8H2,1H3/t12-/m0/s1. The van der Waals surface area contributed by atoms with Crippen molar-refractivity contribution in [1.29, 1.82) is 0 Å². The normalized spacial score (nSPS) is 18.9. The maximum atomic E-state index is 12.7. The molecule has 1 atom stereocenters. The van der Waals surface area contributed by atoms with Crippen molar-refractivity contribution in [3.8, 4) is 0 Å². The van der Waals surface area contributed by atoms with E-state index >= 15 is 0 Å². The van der Waals surface area contributed by atoms with Crippen LogP contribution in [0.1, 0.15) is 56.3 Å². The molecule has 3 heteroatoms. The van der Waals surface area contributed by atoms with Crippen LogP contribution in [0.4, 0.5) is 0 Å². The molecule has 2 aromatic rings. The number of hydrogen-bond donors (Lipinski definition) is 0. The first-order valence-electron chi connectivity index (χ1n) is 7.91. The van der Waals surface area contributed by atoms with Gasteiger partial charge in [-0.3, -0.25) is 14.4 Å². The van der Waals surface area contributed by atoms with Crippen LogP contribution in [0.2, 0.25) is 0 Å². The lowest BCUT2D eigenvalue weighted by Crippen LogP contribution is -2.25. The fourth-order valence-electron chi connectivity index (χ4n) is 3.70. The molecule has 0 heterocycles. The molecular formula is C20H16O3. The van der Waals surface area contributed by atoms with Gasteiger partial charge in [0.05, 0.1) is 0 Å². The van der Waals surface area contributed by atoms with Gasteiger partial charge < -0.3 is 0 Å². The number of carbonyl (C=O) groups excluding carboxylic acids is 3. The molecule has 4 rings (SSSR count). The first-order chi connectivity index (χ1) is 11.1. The van der Waals surface area contributed by atoms with Gasteiger partial charge in [0, 0.05) is 28.2 Å². The largest absolute Gasteiger partial charge is 0.300 e. The quantitative estimate of drug-likeness (QED) is 0.694. The molecule has 0 aliphatic heterocycles. The number of hydrogen-bond acceptors (Lipinski definition) is 3. The van der Waals surface area contributed by atoms with Crippen LogP contribution in [0, 0.1) is 5.92 Å². The Hall–Kier alpha value is -2.55. The van der Waals surface area contributed by atoms with Crippen LogP contribution >= 0.6 is 0 Å². The lowest BCUT2D eigenvalue weighted by Gasteiger charge is -2.26. The summed E-state index contributed by atoms with van der Waals surface area (Å²) < 4.78 is 0. The zero-order valence-corrected chi connectivity index (χ0v) is 12.9. The van der Waals surface area contributed by atoms with Crippen LogP contribution in [-0.4, -0.2) is 17.3 Å². The highest BCUT2D eigenvalue weighted by molar-refractivity contribution is 6.28. The van der Waals surface area contributed by atoms with Crippen molar-refractivity contribution in [1.82, 2.24) is 0 Å². The molecule has 0 fully saturated rings. The summed E-state index contributed by atoms with van der Waals surface area (Å²) in [7, 11) is 0. The molecule has 0 N–H and O–H groups in total. The molecule has 3 nitrogen and oxygen atoms in total. The van der Waals surface area contributed by atoms with Crippen molar-refractivity contribution >= 4 is 17.3 Å². The summed E-state index contributed by atoms with van der Waals surface area (Å²) in [5.41, 5.74) is 4.09. The average molecular weight is 304 g/mol. The zero-order chi connectivity index (χ0) is 16.1. The van der Waals surface area contributed by atoms with E-state index < -0.39 is 0 Å². The number of carbonyl (C=O) groups is 3. The predicted octanol–water partition coefficient (Wildman–Crippen LogP) is 3.16. The lowest BCUT2D eigenvalue weighted by atomic mass is 9.76. The van der Waals surface area contributed by atoms with Gasteiger partial charge in [0.25, 0.3) is 0 Å². The van der Waals surface area contributed by atoms with Crippen molar-refractivity contribution in [2.75, 3.05) is 0 Å². The summed E-state index contributed by atoms with van der Waals surface area (Å²) in [6.07, 6.45) is 2.27. The summed E-state index contributed by atoms with van der Waals surface area (Å²) >= 11 is 0. The van der Waals surface area contributed by atoms with Crippen molar-refractivity contribution < 1.29 is 14.4 Å². The first-order valence-corrected chi connectivity index (χ1v) is 7.91. The predicted molar refractivity (Wildman–Crippen MR) is 85.9 cm³/mol. The van der Waals surface area contributed by atoms with E-state index in [1.165, 1.54) is 0 Å². The minimum absolute atomic E-state index is 0.0298. The number of benzene rings is 2. The molecule has 23 heavy (non-hydrogen) atoms. The summed E-state index contributed by atoms with van der Waals surface area (Å²) in [5, 5.41) is 0. The Kier molecular flexibility index (Phi) is 3.05.